The molecule has 2 fully saturated rings. The summed E-state index contributed by atoms with van der Waals surface area (Å²) >= 11 is 0. The largest absolute Gasteiger partial charge is 0.378 e. The molecule has 0 bridgehead atoms. The van der Waals surface area contributed by atoms with Gasteiger partial charge in [-0.2, -0.15) is 0 Å². The van der Waals surface area contributed by atoms with Gasteiger partial charge in [-0.25, -0.2) is 0 Å². The number of hydrogen-bond acceptors (Lipinski definition) is 4. The van der Waals surface area contributed by atoms with Gasteiger partial charge >= 0.3 is 0 Å². The van der Waals surface area contributed by atoms with Crippen LogP contribution in [0.5, 0.6) is 0 Å². The van der Waals surface area contributed by atoms with E-state index in [9.17, 15) is 4.79 Å². The summed E-state index contributed by atoms with van der Waals surface area (Å²) in [6, 6.07) is 10.5. The normalized spacial score (nSPS) is 26.3. The van der Waals surface area contributed by atoms with E-state index in [-0.39, 0.29) is 5.91 Å². The van der Waals surface area contributed by atoms with Gasteiger partial charge < -0.3 is 15.4 Å². The summed E-state index contributed by atoms with van der Waals surface area (Å²) in [6.07, 6.45) is 0. The van der Waals surface area contributed by atoms with Crippen molar-refractivity contribution in [2.75, 3.05) is 52.5 Å². The summed E-state index contributed by atoms with van der Waals surface area (Å²) in [5, 5.41) is 0. The molecule has 2 aliphatic rings. The lowest BCUT2D eigenvalue weighted by Crippen LogP contribution is -2.45. The second-order valence-corrected chi connectivity index (χ2v) is 6.20. The lowest BCUT2D eigenvalue weighted by atomic mass is 9.89. The van der Waals surface area contributed by atoms with Gasteiger partial charge in [-0.15, -0.1) is 0 Å². The predicted molar refractivity (Wildman–Crippen MR) is 85.6 cm³/mol. The summed E-state index contributed by atoms with van der Waals surface area (Å²) in [5.41, 5.74) is 7.29. The Morgan fingerprint density at radius 2 is 1.91 bits per heavy atom. The summed E-state index contributed by atoms with van der Waals surface area (Å²) in [5.74, 6) is 1.08. The number of morpholine rings is 1. The van der Waals surface area contributed by atoms with Gasteiger partial charge in [0.1, 0.15) is 0 Å². The minimum Gasteiger partial charge on any atom is -0.378 e. The van der Waals surface area contributed by atoms with Crippen LogP contribution in [0.3, 0.4) is 0 Å². The third-order valence-corrected chi connectivity index (χ3v) is 4.77. The zero-order valence-corrected chi connectivity index (χ0v) is 13.0. The molecule has 1 aromatic carbocycles. The molecule has 2 saturated heterocycles. The smallest absolute Gasteiger partial charge is 0.236 e. The first-order chi connectivity index (χ1) is 10.8. The number of likely N-dealkylation sites (tertiary alicyclic amines) is 1. The fourth-order valence-electron chi connectivity index (χ4n) is 3.51. The fourth-order valence-corrected chi connectivity index (χ4v) is 3.51. The van der Waals surface area contributed by atoms with E-state index in [1.165, 1.54) is 5.56 Å². The summed E-state index contributed by atoms with van der Waals surface area (Å²) < 4.78 is 5.31. The van der Waals surface area contributed by atoms with E-state index in [2.05, 4.69) is 29.2 Å². The molecule has 1 aromatic rings. The topological polar surface area (TPSA) is 58.8 Å². The van der Waals surface area contributed by atoms with E-state index >= 15 is 0 Å². The number of hydrogen-bond donors (Lipinski definition) is 1. The number of nitrogens with two attached hydrogens (primary N) is 1. The first-order valence-corrected chi connectivity index (χ1v) is 8.11. The van der Waals surface area contributed by atoms with Crippen molar-refractivity contribution in [1.82, 2.24) is 9.80 Å². The van der Waals surface area contributed by atoms with Crippen molar-refractivity contribution >= 4 is 5.91 Å². The molecule has 2 aliphatic heterocycles. The van der Waals surface area contributed by atoms with E-state index < -0.39 is 0 Å². The Morgan fingerprint density at radius 3 is 2.59 bits per heavy atom. The van der Waals surface area contributed by atoms with Crippen molar-refractivity contribution in [1.29, 1.82) is 0 Å². The van der Waals surface area contributed by atoms with Gasteiger partial charge in [0.05, 0.1) is 19.8 Å². The Labute approximate surface area is 132 Å². The number of carbonyl (C=O) groups is 1. The molecular formula is C17H25N3O2. The fraction of sp³-hybridized carbons (Fsp3) is 0.588. The van der Waals surface area contributed by atoms with Gasteiger partial charge in [-0.3, -0.25) is 9.69 Å². The van der Waals surface area contributed by atoms with E-state index in [1.807, 2.05) is 11.0 Å². The Hall–Kier alpha value is -1.43. The third kappa shape index (κ3) is 3.48. The van der Waals surface area contributed by atoms with Crippen LogP contribution in [0.1, 0.15) is 11.5 Å². The Bertz CT molecular complexity index is 488. The molecule has 2 heterocycles. The van der Waals surface area contributed by atoms with Crippen LogP contribution >= 0.6 is 0 Å². The lowest BCUT2D eigenvalue weighted by Gasteiger charge is -2.28. The SMILES string of the molecule is NC[C@@H]1CN(CC(=O)N2CCOCC2)C[C@H]1c1ccccc1. The highest BCUT2D eigenvalue weighted by molar-refractivity contribution is 5.78. The molecule has 1 amide bonds. The number of amides is 1. The molecule has 2 atom stereocenters. The summed E-state index contributed by atoms with van der Waals surface area (Å²) in [6.45, 7) is 5.74. The van der Waals surface area contributed by atoms with Gasteiger partial charge in [0.15, 0.2) is 0 Å². The average Bonchev–Trinajstić information content (AvgIpc) is 2.99. The van der Waals surface area contributed by atoms with Crippen molar-refractivity contribution in [3.63, 3.8) is 0 Å². The second kappa shape index (κ2) is 7.22. The van der Waals surface area contributed by atoms with Gasteiger partial charge in [0.2, 0.25) is 5.91 Å². The monoisotopic (exact) mass is 303 g/mol. The molecule has 5 heteroatoms. The molecule has 3 rings (SSSR count). The average molecular weight is 303 g/mol. The molecule has 0 unspecified atom stereocenters. The lowest BCUT2D eigenvalue weighted by molar-refractivity contribution is -0.136. The number of benzene rings is 1. The van der Waals surface area contributed by atoms with Gasteiger partial charge in [0, 0.05) is 32.1 Å². The van der Waals surface area contributed by atoms with Crippen molar-refractivity contribution in [3.05, 3.63) is 35.9 Å². The number of nitrogens with zero attached hydrogens (tertiary/aromatic N) is 2. The Balaban J connectivity index is 1.60. The van der Waals surface area contributed by atoms with E-state index in [0.717, 1.165) is 26.2 Å². The molecular weight excluding hydrogens is 278 g/mol. The summed E-state index contributed by atoms with van der Waals surface area (Å²) in [4.78, 5) is 16.6. The highest BCUT2D eigenvalue weighted by atomic mass is 16.5. The molecule has 2 N–H and O–H groups in total. The highest BCUT2D eigenvalue weighted by Crippen LogP contribution is 2.31. The van der Waals surface area contributed by atoms with Crippen molar-refractivity contribution in [2.24, 2.45) is 11.7 Å². The maximum atomic E-state index is 12.4. The maximum absolute atomic E-state index is 12.4. The van der Waals surface area contributed by atoms with Crippen LogP contribution in [-0.4, -0.2) is 68.2 Å². The van der Waals surface area contributed by atoms with Crippen LogP contribution in [-0.2, 0) is 9.53 Å². The van der Waals surface area contributed by atoms with Crippen molar-refractivity contribution < 1.29 is 9.53 Å². The Morgan fingerprint density at radius 1 is 1.18 bits per heavy atom. The molecule has 0 aliphatic carbocycles. The summed E-state index contributed by atoms with van der Waals surface area (Å²) in [7, 11) is 0. The highest BCUT2D eigenvalue weighted by Gasteiger charge is 2.34. The predicted octanol–water partition coefficient (Wildman–Crippen LogP) is 0.520. The zero-order valence-electron chi connectivity index (χ0n) is 13.0. The van der Waals surface area contributed by atoms with Crippen LogP contribution < -0.4 is 5.73 Å². The molecule has 5 nitrogen and oxygen atoms in total. The maximum Gasteiger partial charge on any atom is 0.236 e. The van der Waals surface area contributed by atoms with Crippen LogP contribution in [0.2, 0.25) is 0 Å². The minimum absolute atomic E-state index is 0.216. The van der Waals surface area contributed by atoms with Gasteiger partial charge in [0.25, 0.3) is 0 Å². The van der Waals surface area contributed by atoms with E-state index in [4.69, 9.17) is 10.5 Å². The molecule has 0 saturated carbocycles. The number of ether oxygens (including phenoxy) is 1. The first-order valence-electron chi connectivity index (χ1n) is 8.11. The van der Waals surface area contributed by atoms with Crippen LogP contribution in [0.15, 0.2) is 30.3 Å². The minimum atomic E-state index is 0.216. The molecule has 0 aromatic heterocycles. The second-order valence-electron chi connectivity index (χ2n) is 6.20. The van der Waals surface area contributed by atoms with E-state index in [1.54, 1.807) is 0 Å². The molecule has 120 valence electrons. The van der Waals surface area contributed by atoms with Gasteiger partial charge in [-0.05, 0) is 18.0 Å². The zero-order chi connectivity index (χ0) is 15.4. The van der Waals surface area contributed by atoms with Crippen molar-refractivity contribution in [3.8, 4) is 0 Å². The Kier molecular flexibility index (Phi) is 5.08. The third-order valence-electron chi connectivity index (χ3n) is 4.77. The standard InChI is InChI=1S/C17H25N3O2/c18-10-15-11-19(12-16(15)14-4-2-1-3-5-14)13-17(21)20-6-8-22-9-7-20/h1-5,15-16H,6-13,18H2/t15-,16+/m1/s1. The van der Waals surface area contributed by atoms with Crippen molar-refractivity contribution in [2.45, 2.75) is 5.92 Å². The van der Waals surface area contributed by atoms with Crippen LogP contribution in [0, 0.1) is 5.92 Å². The van der Waals surface area contributed by atoms with Crippen LogP contribution in [0.4, 0.5) is 0 Å². The van der Waals surface area contributed by atoms with Gasteiger partial charge in [-0.1, -0.05) is 30.3 Å². The molecule has 0 spiro atoms. The first kappa shape index (κ1) is 15.5. The van der Waals surface area contributed by atoms with E-state index in [0.29, 0.717) is 38.1 Å². The molecule has 0 radical (unpaired) electrons. The number of carbonyl (C=O) groups excluding carboxylic acids is 1. The quantitative estimate of drug-likeness (QED) is 0.881. The molecule has 22 heavy (non-hydrogen) atoms. The number of rotatable bonds is 4. The van der Waals surface area contributed by atoms with Crippen LogP contribution in [0.25, 0.3) is 0 Å².